The van der Waals surface area contributed by atoms with Gasteiger partial charge >= 0.3 is 5.97 Å². The fourth-order valence-corrected chi connectivity index (χ4v) is 3.91. The number of rotatable bonds is 7. The number of nitrogens with one attached hydrogen (secondary N) is 1. The van der Waals surface area contributed by atoms with Gasteiger partial charge in [0.25, 0.3) is 0 Å². The standard InChI is InChI=1S/C24H25FN6O6/c1-12(2)22(35)36-23-18(32)19(33)24(10-26,37-23)17-8-7-16-20(28-11-29-31(16)17)30-21(34)15(27)9-13-3-5-14(25)6-4-13/h3-8,11-12,15,18-19,23,32-33H,9,27H2,1-2H3,(H,28,29,30,34)/t15-,18-,19+,23-,24-/m0/s1. The number of esters is 1. The molecule has 0 unspecified atom stereocenters. The summed E-state index contributed by atoms with van der Waals surface area (Å²) in [4.78, 5) is 28.8. The molecule has 4 rings (SSSR count). The topological polar surface area (TPSA) is 185 Å². The van der Waals surface area contributed by atoms with Gasteiger partial charge < -0.3 is 30.7 Å². The first-order chi connectivity index (χ1) is 17.6. The number of aliphatic hydroxyl groups is 2. The van der Waals surface area contributed by atoms with Crippen LogP contribution >= 0.6 is 0 Å². The van der Waals surface area contributed by atoms with Gasteiger partial charge in [0.2, 0.25) is 17.8 Å². The second-order valence-electron chi connectivity index (χ2n) is 8.91. The Bertz CT molecular complexity index is 1360. The van der Waals surface area contributed by atoms with Gasteiger partial charge in [0, 0.05) is 0 Å². The van der Waals surface area contributed by atoms with Crippen LogP contribution < -0.4 is 11.1 Å². The molecule has 0 saturated carbocycles. The fraction of sp³-hybridized carbons (Fsp3) is 0.375. The van der Waals surface area contributed by atoms with Gasteiger partial charge in [0.15, 0.2) is 5.82 Å². The smallest absolute Gasteiger partial charge is 0.310 e. The van der Waals surface area contributed by atoms with Crippen LogP contribution in [0.4, 0.5) is 10.2 Å². The van der Waals surface area contributed by atoms with Crippen molar-refractivity contribution in [2.24, 2.45) is 11.7 Å². The lowest BCUT2D eigenvalue weighted by Crippen LogP contribution is -2.41. The summed E-state index contributed by atoms with van der Waals surface area (Å²) in [5.74, 6) is -2.14. The zero-order valence-corrected chi connectivity index (χ0v) is 19.9. The predicted molar refractivity (Wildman–Crippen MR) is 125 cm³/mol. The summed E-state index contributed by atoms with van der Waals surface area (Å²) in [6, 6.07) is 9.35. The summed E-state index contributed by atoms with van der Waals surface area (Å²) < 4.78 is 25.1. The Labute approximate surface area is 210 Å². The molecule has 1 aliphatic heterocycles. The molecule has 1 fully saturated rings. The Kier molecular flexibility index (Phi) is 7.19. The molecular weight excluding hydrogens is 487 g/mol. The molecule has 3 aromatic rings. The molecule has 1 aliphatic rings. The minimum atomic E-state index is -2.15. The number of nitrogens with two attached hydrogens (primary N) is 1. The SMILES string of the molecule is CC(C)C(=O)O[C@H]1O[C@@](C#N)(c2ccc3c(NC(=O)[C@@H](N)Cc4ccc(F)cc4)ncnn23)[C@H](O)[C@@H]1O. The van der Waals surface area contributed by atoms with E-state index in [1.165, 1.54) is 40.9 Å². The Morgan fingerprint density at radius 1 is 1.30 bits per heavy atom. The normalized spacial score (nSPS) is 24.1. The zero-order valence-electron chi connectivity index (χ0n) is 19.9. The molecule has 194 valence electrons. The van der Waals surface area contributed by atoms with Crippen LogP contribution in [-0.2, 0) is 31.1 Å². The largest absolute Gasteiger partial charge is 0.432 e. The first kappa shape index (κ1) is 26.1. The predicted octanol–water partition coefficient (Wildman–Crippen LogP) is 0.373. The Morgan fingerprint density at radius 2 is 2.00 bits per heavy atom. The zero-order chi connectivity index (χ0) is 26.9. The van der Waals surface area contributed by atoms with Gasteiger partial charge in [-0.2, -0.15) is 10.4 Å². The lowest BCUT2D eigenvalue weighted by Gasteiger charge is -2.23. The van der Waals surface area contributed by atoms with Crippen LogP contribution in [0.25, 0.3) is 5.52 Å². The molecule has 37 heavy (non-hydrogen) atoms. The van der Waals surface area contributed by atoms with Crippen molar-refractivity contribution >= 4 is 23.2 Å². The molecular formula is C24H25FN6O6. The van der Waals surface area contributed by atoms with Crippen molar-refractivity contribution in [2.75, 3.05) is 5.32 Å². The van der Waals surface area contributed by atoms with E-state index in [9.17, 15) is 29.5 Å². The van der Waals surface area contributed by atoms with Crippen molar-refractivity contribution in [1.82, 2.24) is 14.6 Å². The highest BCUT2D eigenvalue weighted by Gasteiger charge is 2.59. The summed E-state index contributed by atoms with van der Waals surface area (Å²) in [5, 5.41) is 37.9. The van der Waals surface area contributed by atoms with Gasteiger partial charge in [0.1, 0.15) is 35.9 Å². The van der Waals surface area contributed by atoms with E-state index in [2.05, 4.69) is 15.4 Å². The van der Waals surface area contributed by atoms with Crippen LogP contribution in [-0.4, -0.2) is 61.2 Å². The number of anilines is 1. The van der Waals surface area contributed by atoms with Gasteiger partial charge in [-0.3, -0.25) is 9.59 Å². The van der Waals surface area contributed by atoms with E-state index in [0.29, 0.717) is 5.56 Å². The first-order valence-electron chi connectivity index (χ1n) is 11.4. The number of carbonyl (C=O) groups excluding carboxylic acids is 2. The third-order valence-corrected chi connectivity index (χ3v) is 5.97. The lowest BCUT2D eigenvalue weighted by molar-refractivity contribution is -0.198. The van der Waals surface area contributed by atoms with Crippen LogP contribution in [0, 0.1) is 23.1 Å². The van der Waals surface area contributed by atoms with Gasteiger partial charge in [0.05, 0.1) is 17.7 Å². The van der Waals surface area contributed by atoms with Crippen molar-refractivity contribution in [3.8, 4) is 6.07 Å². The number of amides is 1. The number of nitriles is 1. The Balaban J connectivity index is 1.59. The molecule has 1 saturated heterocycles. The average Bonchev–Trinajstić information content (AvgIpc) is 3.41. The van der Waals surface area contributed by atoms with Crippen molar-refractivity contribution in [2.45, 2.75) is 50.4 Å². The van der Waals surface area contributed by atoms with E-state index in [1.807, 2.05) is 6.07 Å². The van der Waals surface area contributed by atoms with E-state index in [1.54, 1.807) is 13.8 Å². The third-order valence-electron chi connectivity index (χ3n) is 5.97. The van der Waals surface area contributed by atoms with Gasteiger partial charge in [-0.15, -0.1) is 0 Å². The van der Waals surface area contributed by atoms with Gasteiger partial charge in [-0.05, 0) is 36.2 Å². The second-order valence-corrected chi connectivity index (χ2v) is 8.91. The summed E-state index contributed by atoms with van der Waals surface area (Å²) in [6.45, 7) is 3.16. The summed E-state index contributed by atoms with van der Waals surface area (Å²) in [6.07, 6.45) is -3.85. The monoisotopic (exact) mass is 512 g/mol. The Morgan fingerprint density at radius 3 is 2.65 bits per heavy atom. The van der Waals surface area contributed by atoms with Crippen LogP contribution in [0.5, 0.6) is 0 Å². The molecule has 1 aromatic carbocycles. The van der Waals surface area contributed by atoms with Crippen LogP contribution in [0.3, 0.4) is 0 Å². The van der Waals surface area contributed by atoms with Crippen molar-refractivity contribution in [3.63, 3.8) is 0 Å². The van der Waals surface area contributed by atoms with Crippen molar-refractivity contribution < 1.29 is 33.7 Å². The van der Waals surface area contributed by atoms with Gasteiger partial charge in [-0.1, -0.05) is 26.0 Å². The van der Waals surface area contributed by atoms with Crippen LogP contribution in [0.2, 0.25) is 0 Å². The van der Waals surface area contributed by atoms with E-state index in [4.69, 9.17) is 15.2 Å². The number of fused-ring (bicyclic) bond motifs is 1. The number of nitrogens with zero attached hydrogens (tertiary/aromatic N) is 4. The van der Waals surface area contributed by atoms with Crippen molar-refractivity contribution in [1.29, 1.82) is 5.26 Å². The maximum Gasteiger partial charge on any atom is 0.310 e. The molecule has 2 aromatic heterocycles. The maximum absolute atomic E-state index is 13.1. The van der Waals surface area contributed by atoms with Crippen LogP contribution in [0.15, 0.2) is 42.7 Å². The molecule has 0 bridgehead atoms. The number of halogens is 1. The molecule has 1 amide bonds. The van der Waals surface area contributed by atoms with E-state index in [-0.39, 0.29) is 23.4 Å². The minimum absolute atomic E-state index is 0.00755. The van der Waals surface area contributed by atoms with E-state index >= 15 is 0 Å². The highest BCUT2D eigenvalue weighted by molar-refractivity contribution is 5.97. The molecule has 3 heterocycles. The average molecular weight is 512 g/mol. The number of aromatic nitrogens is 3. The quantitative estimate of drug-likeness (QED) is 0.322. The van der Waals surface area contributed by atoms with Crippen LogP contribution in [0.1, 0.15) is 25.1 Å². The number of carbonyl (C=O) groups is 2. The Hall–Kier alpha value is -3.96. The number of hydrogen-bond donors (Lipinski definition) is 4. The number of benzene rings is 1. The lowest BCUT2D eigenvalue weighted by atomic mass is 9.93. The molecule has 0 spiro atoms. The molecule has 13 heteroatoms. The number of hydrogen-bond acceptors (Lipinski definition) is 10. The summed E-state index contributed by atoms with van der Waals surface area (Å²) >= 11 is 0. The van der Waals surface area contributed by atoms with Crippen molar-refractivity contribution in [3.05, 3.63) is 59.8 Å². The third kappa shape index (κ3) is 4.87. The second kappa shape index (κ2) is 10.2. The highest BCUT2D eigenvalue weighted by atomic mass is 19.1. The molecule has 0 aliphatic carbocycles. The molecule has 12 nitrogen and oxygen atoms in total. The maximum atomic E-state index is 13.1. The molecule has 5 atom stereocenters. The van der Waals surface area contributed by atoms with E-state index in [0.717, 1.165) is 6.33 Å². The molecule has 5 N–H and O–H groups in total. The fourth-order valence-electron chi connectivity index (χ4n) is 3.91. The first-order valence-corrected chi connectivity index (χ1v) is 11.4. The number of ether oxygens (including phenoxy) is 2. The minimum Gasteiger partial charge on any atom is -0.432 e. The number of aliphatic hydroxyl groups excluding tert-OH is 2. The highest BCUT2D eigenvalue weighted by Crippen LogP contribution is 2.41. The van der Waals surface area contributed by atoms with E-state index < -0.39 is 53.8 Å². The summed E-state index contributed by atoms with van der Waals surface area (Å²) in [5.41, 5.74) is 4.77. The summed E-state index contributed by atoms with van der Waals surface area (Å²) in [7, 11) is 0. The molecule has 0 radical (unpaired) electrons. The van der Waals surface area contributed by atoms with Gasteiger partial charge in [-0.25, -0.2) is 13.9 Å².